The van der Waals surface area contributed by atoms with Gasteiger partial charge < -0.3 is 4.90 Å². The zero-order chi connectivity index (χ0) is 16.8. The Morgan fingerprint density at radius 1 is 1.09 bits per heavy atom. The molecule has 2 aromatic carbocycles. The van der Waals surface area contributed by atoms with Crippen LogP contribution in [0.4, 0.5) is 5.69 Å². The van der Waals surface area contributed by atoms with Crippen molar-refractivity contribution >= 4 is 34.2 Å². The molecule has 0 atom stereocenters. The molecule has 0 saturated carbocycles. The van der Waals surface area contributed by atoms with Crippen LogP contribution in [0.5, 0.6) is 0 Å². The van der Waals surface area contributed by atoms with Crippen molar-refractivity contribution < 1.29 is 4.79 Å². The molecule has 0 unspecified atom stereocenters. The first kappa shape index (κ1) is 16.7. The van der Waals surface area contributed by atoms with Crippen LogP contribution in [0, 0.1) is 0 Å². The van der Waals surface area contributed by atoms with E-state index in [1.165, 1.54) is 23.4 Å². The van der Waals surface area contributed by atoms with Gasteiger partial charge in [-0.1, -0.05) is 30.4 Å². The number of hydrogen-bond acceptors (Lipinski definition) is 2. The number of fused-ring (bicyclic) bond motifs is 1. The number of rotatable bonds is 4. The average Bonchev–Trinajstić information content (AvgIpc) is 2.52. The highest BCUT2D eigenvalue weighted by Crippen LogP contribution is 2.25. The summed E-state index contributed by atoms with van der Waals surface area (Å²) in [7, 11) is 4.08. The second kappa shape index (κ2) is 7.54. The smallest absolute Gasteiger partial charge is 0.242 e. The van der Waals surface area contributed by atoms with Crippen LogP contribution < -0.4 is 4.90 Å². The Balaban J connectivity index is 2.44. The molecule has 0 aromatic heterocycles. The molecule has 0 N–H and O–H groups in total. The van der Waals surface area contributed by atoms with E-state index in [0.717, 1.165) is 11.1 Å². The number of allylic oxidation sites excluding steroid dienone is 4. The minimum absolute atomic E-state index is 0.198. The molecule has 0 radical (unpaired) electrons. The van der Waals surface area contributed by atoms with E-state index in [-0.39, 0.29) is 5.91 Å². The molecule has 0 bridgehead atoms. The molecule has 0 spiro atoms. The molecule has 23 heavy (non-hydrogen) atoms. The van der Waals surface area contributed by atoms with Crippen molar-refractivity contribution in [3.05, 3.63) is 60.2 Å². The van der Waals surface area contributed by atoms with Crippen LogP contribution in [0.15, 0.2) is 59.6 Å². The Bertz CT molecular complexity index is 798. The van der Waals surface area contributed by atoms with Gasteiger partial charge in [-0.3, -0.25) is 4.79 Å². The SMILES string of the molecule is C\C=C/C(=C\C=N\C(C)=O)c1ccc2cc(N(C)C)ccc2c1. The number of anilines is 1. The second-order valence-electron chi connectivity index (χ2n) is 5.56. The summed E-state index contributed by atoms with van der Waals surface area (Å²) < 4.78 is 0. The quantitative estimate of drug-likeness (QED) is 0.616. The van der Waals surface area contributed by atoms with Gasteiger partial charge in [-0.15, -0.1) is 0 Å². The van der Waals surface area contributed by atoms with Gasteiger partial charge in [-0.25, -0.2) is 4.99 Å². The van der Waals surface area contributed by atoms with Crippen molar-refractivity contribution in [2.45, 2.75) is 13.8 Å². The van der Waals surface area contributed by atoms with E-state index in [1.54, 1.807) is 6.21 Å². The van der Waals surface area contributed by atoms with E-state index in [4.69, 9.17) is 0 Å². The lowest BCUT2D eigenvalue weighted by atomic mass is 10.00. The Labute approximate surface area is 137 Å². The standard InChI is InChI=1S/C20H22N2O/c1-5-6-16(11-12-21-15(2)23)17-7-8-19-14-20(22(3)4)10-9-18(19)13-17/h5-14H,1-4H3/b6-5-,16-11+,21-12+. The molecule has 3 nitrogen and oxygen atoms in total. The maximum atomic E-state index is 10.9. The van der Waals surface area contributed by atoms with Crippen molar-refractivity contribution in [2.75, 3.05) is 19.0 Å². The average molecular weight is 306 g/mol. The highest BCUT2D eigenvalue weighted by atomic mass is 16.1. The maximum Gasteiger partial charge on any atom is 0.242 e. The van der Waals surface area contributed by atoms with Crippen LogP contribution in [0.3, 0.4) is 0 Å². The van der Waals surface area contributed by atoms with Crippen LogP contribution in [-0.4, -0.2) is 26.2 Å². The lowest BCUT2D eigenvalue weighted by Gasteiger charge is -2.13. The van der Waals surface area contributed by atoms with Gasteiger partial charge in [0.25, 0.3) is 0 Å². The van der Waals surface area contributed by atoms with Crippen molar-refractivity contribution in [1.82, 2.24) is 0 Å². The van der Waals surface area contributed by atoms with Crippen LogP contribution in [0.25, 0.3) is 16.3 Å². The minimum atomic E-state index is -0.198. The van der Waals surface area contributed by atoms with Gasteiger partial charge in [0.05, 0.1) is 0 Å². The molecule has 2 aromatic rings. The molecule has 0 saturated heterocycles. The second-order valence-corrected chi connectivity index (χ2v) is 5.56. The van der Waals surface area contributed by atoms with Gasteiger partial charge in [-0.2, -0.15) is 0 Å². The fourth-order valence-corrected chi connectivity index (χ4v) is 2.34. The molecular formula is C20H22N2O. The predicted octanol–water partition coefficient (Wildman–Crippen LogP) is 4.48. The molecule has 1 amide bonds. The molecule has 0 aliphatic heterocycles. The van der Waals surface area contributed by atoms with Crippen LogP contribution in [-0.2, 0) is 4.79 Å². The minimum Gasteiger partial charge on any atom is -0.378 e. The Kier molecular flexibility index (Phi) is 5.47. The third-order valence-corrected chi connectivity index (χ3v) is 3.53. The topological polar surface area (TPSA) is 32.7 Å². The lowest BCUT2D eigenvalue weighted by Crippen LogP contribution is -2.07. The first-order valence-electron chi connectivity index (χ1n) is 7.60. The first-order chi connectivity index (χ1) is 11.0. The fourth-order valence-electron chi connectivity index (χ4n) is 2.34. The zero-order valence-corrected chi connectivity index (χ0v) is 14.1. The number of carbonyl (C=O) groups is 1. The zero-order valence-electron chi connectivity index (χ0n) is 14.1. The molecule has 2 rings (SSSR count). The van der Waals surface area contributed by atoms with Crippen LogP contribution >= 0.6 is 0 Å². The summed E-state index contributed by atoms with van der Waals surface area (Å²) in [6, 6.07) is 12.8. The van der Waals surface area contributed by atoms with E-state index in [0.29, 0.717) is 0 Å². The molecule has 0 aliphatic carbocycles. The van der Waals surface area contributed by atoms with E-state index in [1.807, 2.05) is 39.2 Å². The number of nitrogens with zero attached hydrogens (tertiary/aromatic N) is 2. The number of hydrogen-bond donors (Lipinski definition) is 0. The van der Waals surface area contributed by atoms with Gasteiger partial charge in [0, 0.05) is 32.9 Å². The van der Waals surface area contributed by atoms with E-state index < -0.39 is 0 Å². The summed E-state index contributed by atoms with van der Waals surface area (Å²) in [5, 5.41) is 2.39. The van der Waals surface area contributed by atoms with Gasteiger partial charge >= 0.3 is 0 Å². The van der Waals surface area contributed by atoms with Crippen molar-refractivity contribution in [2.24, 2.45) is 4.99 Å². The highest BCUT2D eigenvalue weighted by molar-refractivity contribution is 5.96. The monoisotopic (exact) mass is 306 g/mol. The molecular weight excluding hydrogens is 284 g/mol. The third kappa shape index (κ3) is 4.39. The van der Waals surface area contributed by atoms with Crippen molar-refractivity contribution in [1.29, 1.82) is 0 Å². The molecule has 0 heterocycles. The van der Waals surface area contributed by atoms with Crippen molar-refractivity contribution in [3.63, 3.8) is 0 Å². The third-order valence-electron chi connectivity index (χ3n) is 3.53. The van der Waals surface area contributed by atoms with Gasteiger partial charge in [-0.05, 0) is 53.1 Å². The lowest BCUT2D eigenvalue weighted by molar-refractivity contribution is -0.115. The van der Waals surface area contributed by atoms with Crippen LogP contribution in [0.1, 0.15) is 19.4 Å². The van der Waals surface area contributed by atoms with Gasteiger partial charge in [0.1, 0.15) is 0 Å². The predicted molar refractivity (Wildman–Crippen MR) is 100 cm³/mol. The summed E-state index contributed by atoms with van der Waals surface area (Å²) in [4.78, 5) is 16.8. The highest BCUT2D eigenvalue weighted by Gasteiger charge is 2.02. The molecule has 0 aliphatic rings. The van der Waals surface area contributed by atoms with Crippen LogP contribution in [0.2, 0.25) is 0 Å². The number of amides is 1. The summed E-state index contributed by atoms with van der Waals surface area (Å²) in [5.41, 5.74) is 3.31. The van der Waals surface area contributed by atoms with Gasteiger partial charge in [0.15, 0.2) is 0 Å². The maximum absolute atomic E-state index is 10.9. The molecule has 118 valence electrons. The summed E-state index contributed by atoms with van der Waals surface area (Å²) in [6.07, 6.45) is 7.40. The normalized spacial score (nSPS) is 12.4. The Morgan fingerprint density at radius 2 is 1.78 bits per heavy atom. The Morgan fingerprint density at radius 3 is 2.43 bits per heavy atom. The Hall–Kier alpha value is -2.68. The largest absolute Gasteiger partial charge is 0.378 e. The molecule has 3 heteroatoms. The number of benzene rings is 2. The molecule has 0 fully saturated rings. The van der Waals surface area contributed by atoms with E-state index in [9.17, 15) is 4.79 Å². The fraction of sp³-hybridized carbons (Fsp3) is 0.200. The summed E-state index contributed by atoms with van der Waals surface area (Å²) in [6.45, 7) is 3.42. The van der Waals surface area contributed by atoms with E-state index in [2.05, 4.69) is 46.3 Å². The first-order valence-corrected chi connectivity index (χ1v) is 7.60. The van der Waals surface area contributed by atoms with Gasteiger partial charge in [0.2, 0.25) is 5.91 Å². The number of carbonyl (C=O) groups excluding carboxylic acids is 1. The summed E-state index contributed by atoms with van der Waals surface area (Å²) >= 11 is 0. The van der Waals surface area contributed by atoms with Crippen molar-refractivity contribution in [3.8, 4) is 0 Å². The summed E-state index contributed by atoms with van der Waals surface area (Å²) in [5.74, 6) is -0.198. The van der Waals surface area contributed by atoms with E-state index >= 15 is 0 Å². The number of aliphatic imine (C=N–C) groups is 1.